The lowest BCUT2D eigenvalue weighted by Crippen LogP contribution is -2.22. The van der Waals surface area contributed by atoms with Crippen LogP contribution in [0.4, 0.5) is 0 Å². The summed E-state index contributed by atoms with van der Waals surface area (Å²) < 4.78 is 0. The highest BCUT2D eigenvalue weighted by molar-refractivity contribution is 5.81. The summed E-state index contributed by atoms with van der Waals surface area (Å²) in [6.45, 7) is 4.95. The van der Waals surface area contributed by atoms with Crippen LogP contribution in [0.25, 0.3) is 0 Å². The first kappa shape index (κ1) is 17.2. The quantitative estimate of drug-likeness (QED) is 0.909. The Bertz CT molecular complexity index is 596. The lowest BCUT2D eigenvalue weighted by Gasteiger charge is -2.16. The Kier molecular flexibility index (Phi) is 6.36. The van der Waals surface area contributed by atoms with E-state index in [4.69, 9.17) is 5.73 Å². The Hall–Kier alpha value is -2.13. The molecule has 0 aliphatic carbocycles. The van der Waals surface area contributed by atoms with Gasteiger partial charge in [0.15, 0.2) is 0 Å². The van der Waals surface area contributed by atoms with Crippen LogP contribution in [0.15, 0.2) is 60.7 Å². The normalized spacial score (nSPS) is 19.3. The van der Waals surface area contributed by atoms with Crippen molar-refractivity contribution in [2.45, 2.75) is 32.2 Å². The zero-order valence-electron chi connectivity index (χ0n) is 13.9. The molecular formula is C20H26N2O. The molecule has 0 spiro atoms. The minimum Gasteiger partial charge on any atom is -0.356 e. The van der Waals surface area contributed by atoms with Crippen molar-refractivity contribution in [2.24, 2.45) is 11.7 Å². The average molecular weight is 310 g/mol. The fourth-order valence-electron chi connectivity index (χ4n) is 2.84. The van der Waals surface area contributed by atoms with E-state index in [0.29, 0.717) is 5.92 Å². The van der Waals surface area contributed by atoms with E-state index in [0.717, 1.165) is 13.0 Å². The molecule has 1 aliphatic rings. The number of amides is 1. The van der Waals surface area contributed by atoms with Crippen LogP contribution in [0, 0.1) is 5.92 Å². The van der Waals surface area contributed by atoms with Crippen LogP contribution in [-0.4, -0.2) is 12.5 Å². The average Bonchev–Trinajstić information content (AvgIpc) is 3.02. The van der Waals surface area contributed by atoms with Gasteiger partial charge in [-0.05, 0) is 30.4 Å². The van der Waals surface area contributed by atoms with E-state index in [2.05, 4.69) is 24.4 Å². The number of carbonyl (C=O) groups is 1. The van der Waals surface area contributed by atoms with Gasteiger partial charge in [-0.1, -0.05) is 67.6 Å². The number of benzene rings is 2. The molecule has 0 unspecified atom stereocenters. The van der Waals surface area contributed by atoms with Crippen molar-refractivity contribution in [3.63, 3.8) is 0 Å². The third-order valence-electron chi connectivity index (χ3n) is 4.35. The first-order chi connectivity index (χ1) is 11.1. The van der Waals surface area contributed by atoms with E-state index in [1.165, 1.54) is 11.1 Å². The van der Waals surface area contributed by atoms with Gasteiger partial charge in [-0.25, -0.2) is 0 Å². The van der Waals surface area contributed by atoms with Gasteiger partial charge >= 0.3 is 0 Å². The number of nitrogens with one attached hydrogen (secondary N) is 1. The lowest BCUT2D eigenvalue weighted by molar-refractivity contribution is -0.122. The van der Waals surface area contributed by atoms with Gasteiger partial charge in [0.25, 0.3) is 0 Å². The van der Waals surface area contributed by atoms with Gasteiger partial charge in [0, 0.05) is 18.5 Å². The fraction of sp³-hybridized carbons (Fsp3) is 0.350. The first-order valence-corrected chi connectivity index (χ1v) is 8.22. The van der Waals surface area contributed by atoms with Crippen molar-refractivity contribution in [1.82, 2.24) is 5.32 Å². The Balaban J connectivity index is 0.000000185. The summed E-state index contributed by atoms with van der Waals surface area (Å²) in [5.74, 6) is 0.706. The molecule has 3 heteroatoms. The molecule has 1 aliphatic heterocycles. The molecular weight excluding hydrogens is 284 g/mol. The van der Waals surface area contributed by atoms with Crippen molar-refractivity contribution in [2.75, 3.05) is 6.54 Å². The molecule has 0 saturated carbocycles. The van der Waals surface area contributed by atoms with Crippen LogP contribution < -0.4 is 11.1 Å². The van der Waals surface area contributed by atoms with E-state index in [9.17, 15) is 4.79 Å². The lowest BCUT2D eigenvalue weighted by atomic mass is 9.87. The second-order valence-electron chi connectivity index (χ2n) is 6.08. The molecule has 1 amide bonds. The largest absolute Gasteiger partial charge is 0.356 e. The highest BCUT2D eigenvalue weighted by Gasteiger charge is 2.29. The highest BCUT2D eigenvalue weighted by Crippen LogP contribution is 2.28. The van der Waals surface area contributed by atoms with Crippen molar-refractivity contribution in [1.29, 1.82) is 0 Å². The molecule has 3 rings (SSSR count). The van der Waals surface area contributed by atoms with Crippen LogP contribution in [-0.2, 0) is 4.79 Å². The second kappa shape index (κ2) is 8.49. The minimum atomic E-state index is 0.159. The summed E-state index contributed by atoms with van der Waals surface area (Å²) in [4.78, 5) is 11.5. The third kappa shape index (κ3) is 4.93. The summed E-state index contributed by atoms with van der Waals surface area (Å²) in [6, 6.07) is 20.5. The molecule has 1 fully saturated rings. The van der Waals surface area contributed by atoms with Crippen molar-refractivity contribution in [3.05, 3.63) is 71.8 Å². The smallest absolute Gasteiger partial charge is 0.223 e. The van der Waals surface area contributed by atoms with Gasteiger partial charge in [0.05, 0.1) is 0 Å². The molecule has 2 aromatic rings. The monoisotopic (exact) mass is 310 g/mol. The van der Waals surface area contributed by atoms with E-state index in [-0.39, 0.29) is 17.9 Å². The van der Waals surface area contributed by atoms with E-state index >= 15 is 0 Å². The van der Waals surface area contributed by atoms with Gasteiger partial charge in [0.2, 0.25) is 5.91 Å². The maximum absolute atomic E-state index is 11.5. The molecule has 3 atom stereocenters. The number of hydrogen-bond acceptors (Lipinski definition) is 2. The van der Waals surface area contributed by atoms with Crippen molar-refractivity contribution < 1.29 is 4.79 Å². The maximum atomic E-state index is 11.5. The molecule has 0 radical (unpaired) electrons. The van der Waals surface area contributed by atoms with Crippen molar-refractivity contribution >= 4 is 5.91 Å². The number of hydrogen-bond donors (Lipinski definition) is 2. The van der Waals surface area contributed by atoms with Gasteiger partial charge in [-0.2, -0.15) is 0 Å². The van der Waals surface area contributed by atoms with E-state index in [1.807, 2.05) is 55.5 Å². The van der Waals surface area contributed by atoms with Crippen LogP contribution >= 0.6 is 0 Å². The fourth-order valence-corrected chi connectivity index (χ4v) is 2.84. The number of rotatable bonds is 3. The van der Waals surface area contributed by atoms with E-state index < -0.39 is 0 Å². The second-order valence-corrected chi connectivity index (χ2v) is 6.08. The van der Waals surface area contributed by atoms with Gasteiger partial charge in [-0.15, -0.1) is 0 Å². The van der Waals surface area contributed by atoms with Crippen LogP contribution in [0.5, 0.6) is 0 Å². The topological polar surface area (TPSA) is 55.1 Å². The zero-order valence-corrected chi connectivity index (χ0v) is 13.9. The maximum Gasteiger partial charge on any atom is 0.223 e. The van der Waals surface area contributed by atoms with Gasteiger partial charge in [0.1, 0.15) is 0 Å². The highest BCUT2D eigenvalue weighted by atomic mass is 16.2. The summed E-state index contributed by atoms with van der Waals surface area (Å²) in [7, 11) is 0. The molecule has 3 nitrogen and oxygen atoms in total. The first-order valence-electron chi connectivity index (χ1n) is 8.22. The molecule has 2 aromatic carbocycles. The summed E-state index contributed by atoms with van der Waals surface area (Å²) in [6.07, 6.45) is 0.967. The Morgan fingerprint density at radius 3 is 1.87 bits per heavy atom. The Morgan fingerprint density at radius 1 is 0.957 bits per heavy atom. The van der Waals surface area contributed by atoms with Crippen LogP contribution in [0.2, 0.25) is 0 Å². The Morgan fingerprint density at radius 2 is 1.48 bits per heavy atom. The SMILES string of the molecule is C[C@H](N)c1ccccc1.C[C@H](c1ccccc1)[C@@H]1CCNC1=O. The number of nitrogens with two attached hydrogens (primary N) is 1. The molecule has 0 aromatic heterocycles. The molecule has 1 heterocycles. The van der Waals surface area contributed by atoms with Gasteiger partial charge < -0.3 is 11.1 Å². The number of carbonyl (C=O) groups excluding carboxylic acids is 1. The van der Waals surface area contributed by atoms with Crippen molar-refractivity contribution in [3.8, 4) is 0 Å². The summed E-state index contributed by atoms with van der Waals surface area (Å²) in [5, 5.41) is 2.88. The van der Waals surface area contributed by atoms with Crippen LogP contribution in [0.1, 0.15) is 43.4 Å². The zero-order chi connectivity index (χ0) is 16.7. The predicted octanol–water partition coefficient (Wildman–Crippen LogP) is 3.63. The molecule has 3 N–H and O–H groups in total. The summed E-state index contributed by atoms with van der Waals surface area (Å²) >= 11 is 0. The standard InChI is InChI=1S/C12H15NO.C8H11N/c1-9(10-5-3-2-4-6-10)11-7-8-13-12(11)14;1-7(9)8-5-3-2-4-6-8/h2-6,9,11H,7-8H2,1H3,(H,13,14);2-7H,9H2,1H3/t9-,11+;7-/m10/s1. The van der Waals surface area contributed by atoms with Gasteiger partial charge in [-0.3, -0.25) is 4.79 Å². The molecule has 122 valence electrons. The minimum absolute atomic E-state index is 0.159. The van der Waals surface area contributed by atoms with Crippen LogP contribution in [0.3, 0.4) is 0 Å². The Labute approximate surface area is 138 Å². The third-order valence-corrected chi connectivity index (χ3v) is 4.35. The summed E-state index contributed by atoms with van der Waals surface area (Å²) in [5.41, 5.74) is 8.06. The molecule has 0 bridgehead atoms. The predicted molar refractivity (Wildman–Crippen MR) is 95.0 cm³/mol. The molecule has 1 saturated heterocycles. The molecule has 23 heavy (non-hydrogen) atoms. The van der Waals surface area contributed by atoms with E-state index in [1.54, 1.807) is 0 Å².